The Morgan fingerprint density at radius 3 is 2.88 bits per heavy atom. The first kappa shape index (κ1) is 12.0. The summed E-state index contributed by atoms with van der Waals surface area (Å²) >= 11 is 1.77. The summed E-state index contributed by atoms with van der Waals surface area (Å²) < 4.78 is 0. The predicted octanol–water partition coefficient (Wildman–Crippen LogP) is 3.64. The van der Waals surface area contributed by atoms with Gasteiger partial charge in [-0.15, -0.1) is 11.8 Å². The molecule has 1 aromatic rings. The van der Waals surface area contributed by atoms with E-state index >= 15 is 0 Å². The van der Waals surface area contributed by atoms with Crippen LogP contribution in [-0.4, -0.2) is 17.0 Å². The van der Waals surface area contributed by atoms with Crippen molar-refractivity contribution in [2.75, 3.05) is 5.75 Å². The molecule has 0 aromatic heterocycles. The molecule has 0 radical (unpaired) electrons. The van der Waals surface area contributed by atoms with E-state index in [1.807, 2.05) is 0 Å². The quantitative estimate of drug-likeness (QED) is 0.788. The van der Waals surface area contributed by atoms with Crippen LogP contribution in [-0.2, 0) is 0 Å². The van der Waals surface area contributed by atoms with E-state index in [1.54, 1.807) is 11.8 Å². The molecule has 1 saturated carbocycles. The van der Waals surface area contributed by atoms with Gasteiger partial charge in [0, 0.05) is 10.6 Å². The highest BCUT2D eigenvalue weighted by Crippen LogP contribution is 2.31. The SMILES string of the molecule is Cc1cccc(SCC(O)CC2CCC2)c1. The molecule has 16 heavy (non-hydrogen) atoms. The van der Waals surface area contributed by atoms with Crippen LogP contribution in [0, 0.1) is 12.8 Å². The summed E-state index contributed by atoms with van der Waals surface area (Å²) in [5, 5.41) is 9.89. The summed E-state index contributed by atoms with van der Waals surface area (Å²) in [6, 6.07) is 8.49. The lowest BCUT2D eigenvalue weighted by Crippen LogP contribution is -2.20. The van der Waals surface area contributed by atoms with Gasteiger partial charge in [-0.3, -0.25) is 0 Å². The van der Waals surface area contributed by atoms with E-state index in [1.165, 1.54) is 29.7 Å². The Kier molecular flexibility index (Phi) is 4.30. The maximum absolute atomic E-state index is 9.89. The summed E-state index contributed by atoms with van der Waals surface area (Å²) in [7, 11) is 0. The third-order valence-corrected chi connectivity index (χ3v) is 4.40. The second-order valence-corrected chi connectivity index (χ2v) is 5.91. The number of rotatable bonds is 5. The average Bonchev–Trinajstić information content (AvgIpc) is 2.21. The normalized spacial score (nSPS) is 18.1. The molecule has 1 unspecified atom stereocenters. The van der Waals surface area contributed by atoms with Gasteiger partial charge < -0.3 is 5.11 Å². The summed E-state index contributed by atoms with van der Waals surface area (Å²) in [5.41, 5.74) is 1.29. The largest absolute Gasteiger partial charge is 0.392 e. The first-order valence-corrected chi connectivity index (χ1v) is 7.10. The van der Waals surface area contributed by atoms with Gasteiger partial charge >= 0.3 is 0 Å². The van der Waals surface area contributed by atoms with Gasteiger partial charge in [-0.05, 0) is 31.4 Å². The third-order valence-electron chi connectivity index (χ3n) is 3.26. The first-order valence-electron chi connectivity index (χ1n) is 6.11. The zero-order chi connectivity index (χ0) is 11.4. The molecule has 2 rings (SSSR count). The van der Waals surface area contributed by atoms with E-state index in [0.717, 1.165) is 18.1 Å². The highest BCUT2D eigenvalue weighted by atomic mass is 32.2. The molecule has 0 bridgehead atoms. The van der Waals surface area contributed by atoms with E-state index < -0.39 is 0 Å². The van der Waals surface area contributed by atoms with Crippen molar-refractivity contribution in [1.82, 2.24) is 0 Å². The number of aliphatic hydroxyl groups is 1. The van der Waals surface area contributed by atoms with E-state index in [4.69, 9.17) is 0 Å². The van der Waals surface area contributed by atoms with Crippen LogP contribution in [0.25, 0.3) is 0 Å². The Labute approximate surface area is 102 Å². The molecule has 0 spiro atoms. The van der Waals surface area contributed by atoms with E-state index in [0.29, 0.717) is 0 Å². The molecular weight excluding hydrogens is 216 g/mol. The van der Waals surface area contributed by atoms with Crippen molar-refractivity contribution in [1.29, 1.82) is 0 Å². The van der Waals surface area contributed by atoms with Crippen molar-refractivity contribution in [2.45, 2.75) is 43.6 Å². The zero-order valence-electron chi connectivity index (χ0n) is 9.86. The van der Waals surface area contributed by atoms with Crippen molar-refractivity contribution in [3.63, 3.8) is 0 Å². The minimum Gasteiger partial charge on any atom is -0.392 e. The maximum Gasteiger partial charge on any atom is 0.0636 e. The van der Waals surface area contributed by atoms with Gasteiger partial charge in [-0.1, -0.05) is 37.0 Å². The minimum absolute atomic E-state index is 0.129. The Hall–Kier alpha value is -0.470. The summed E-state index contributed by atoms with van der Waals surface area (Å²) in [6.07, 6.45) is 4.88. The minimum atomic E-state index is -0.129. The molecule has 88 valence electrons. The zero-order valence-corrected chi connectivity index (χ0v) is 10.7. The molecule has 1 atom stereocenters. The molecule has 1 aliphatic carbocycles. The van der Waals surface area contributed by atoms with Crippen molar-refractivity contribution < 1.29 is 5.11 Å². The van der Waals surface area contributed by atoms with Gasteiger partial charge in [0.1, 0.15) is 0 Å². The van der Waals surface area contributed by atoms with Crippen molar-refractivity contribution in [2.24, 2.45) is 5.92 Å². The molecule has 0 amide bonds. The summed E-state index contributed by atoms with van der Waals surface area (Å²) in [4.78, 5) is 1.27. The molecule has 0 aliphatic heterocycles. The molecule has 0 heterocycles. The second kappa shape index (κ2) is 5.74. The number of benzene rings is 1. The second-order valence-electron chi connectivity index (χ2n) is 4.81. The molecule has 1 nitrogen and oxygen atoms in total. The molecule has 1 aromatic carbocycles. The number of aliphatic hydroxyl groups excluding tert-OH is 1. The number of thioether (sulfide) groups is 1. The average molecular weight is 236 g/mol. The fraction of sp³-hybridized carbons (Fsp3) is 0.571. The topological polar surface area (TPSA) is 20.2 Å². The van der Waals surface area contributed by atoms with Gasteiger partial charge in [0.05, 0.1) is 6.10 Å². The van der Waals surface area contributed by atoms with E-state index in [2.05, 4.69) is 31.2 Å². The molecule has 0 saturated heterocycles. The highest BCUT2D eigenvalue weighted by Gasteiger charge is 2.20. The molecule has 2 heteroatoms. The monoisotopic (exact) mass is 236 g/mol. The highest BCUT2D eigenvalue weighted by molar-refractivity contribution is 7.99. The van der Waals surface area contributed by atoms with Crippen LogP contribution in [0.5, 0.6) is 0 Å². The Balaban J connectivity index is 1.73. The Morgan fingerprint density at radius 1 is 1.44 bits per heavy atom. The van der Waals surface area contributed by atoms with Crippen molar-refractivity contribution in [3.05, 3.63) is 29.8 Å². The molecular formula is C14H20OS. The Bertz CT molecular complexity index is 333. The lowest BCUT2D eigenvalue weighted by Gasteiger charge is -2.27. The lowest BCUT2D eigenvalue weighted by molar-refractivity contribution is 0.136. The standard InChI is InChI=1S/C14H20OS/c1-11-4-2-7-14(8-11)16-10-13(15)9-12-5-3-6-12/h2,4,7-8,12-13,15H,3,5-6,9-10H2,1H3. The number of aryl methyl sites for hydroxylation is 1. The van der Waals surface area contributed by atoms with Crippen LogP contribution in [0.2, 0.25) is 0 Å². The summed E-state index contributed by atoms with van der Waals surface area (Å²) in [6.45, 7) is 2.11. The molecule has 1 fully saturated rings. The van der Waals surface area contributed by atoms with Crippen LogP contribution in [0.15, 0.2) is 29.2 Å². The van der Waals surface area contributed by atoms with Gasteiger partial charge in [-0.2, -0.15) is 0 Å². The molecule has 1 aliphatic rings. The van der Waals surface area contributed by atoms with Crippen LogP contribution in [0.1, 0.15) is 31.2 Å². The maximum atomic E-state index is 9.89. The smallest absolute Gasteiger partial charge is 0.0636 e. The first-order chi connectivity index (χ1) is 7.74. The fourth-order valence-electron chi connectivity index (χ4n) is 2.08. The number of hydrogen-bond acceptors (Lipinski definition) is 2. The van der Waals surface area contributed by atoms with Gasteiger partial charge in [0.15, 0.2) is 0 Å². The van der Waals surface area contributed by atoms with Crippen LogP contribution < -0.4 is 0 Å². The number of hydrogen-bond donors (Lipinski definition) is 1. The Morgan fingerprint density at radius 2 is 2.25 bits per heavy atom. The van der Waals surface area contributed by atoms with Crippen molar-refractivity contribution in [3.8, 4) is 0 Å². The van der Waals surface area contributed by atoms with Gasteiger partial charge in [0.25, 0.3) is 0 Å². The van der Waals surface area contributed by atoms with Crippen LogP contribution >= 0.6 is 11.8 Å². The van der Waals surface area contributed by atoms with E-state index in [9.17, 15) is 5.11 Å². The third kappa shape index (κ3) is 3.53. The van der Waals surface area contributed by atoms with Gasteiger partial charge in [-0.25, -0.2) is 0 Å². The lowest BCUT2D eigenvalue weighted by atomic mass is 9.82. The fourth-order valence-corrected chi connectivity index (χ4v) is 3.04. The van der Waals surface area contributed by atoms with Crippen molar-refractivity contribution >= 4 is 11.8 Å². The summed E-state index contributed by atoms with van der Waals surface area (Å²) in [5.74, 6) is 1.63. The van der Waals surface area contributed by atoms with Crippen LogP contribution in [0.3, 0.4) is 0 Å². The van der Waals surface area contributed by atoms with Gasteiger partial charge in [0.2, 0.25) is 0 Å². The van der Waals surface area contributed by atoms with Crippen LogP contribution in [0.4, 0.5) is 0 Å². The predicted molar refractivity (Wildman–Crippen MR) is 69.9 cm³/mol. The molecule has 1 N–H and O–H groups in total. The van der Waals surface area contributed by atoms with E-state index in [-0.39, 0.29) is 6.10 Å².